The van der Waals surface area contributed by atoms with Crippen molar-refractivity contribution in [3.05, 3.63) is 105 Å². The molecule has 0 aliphatic rings. The van der Waals surface area contributed by atoms with Gasteiger partial charge in [0.15, 0.2) is 0 Å². The molecule has 1 atom stereocenters. The van der Waals surface area contributed by atoms with Crippen LogP contribution in [-0.2, 0) is 9.53 Å². The Morgan fingerprint density at radius 2 is 1.78 bits per heavy atom. The maximum Gasteiger partial charge on any atom is 0.330 e. The average molecular weight is 651 g/mol. The molecule has 0 saturated carbocycles. The number of esters is 1. The fraction of sp³-hybridized carbons (Fsp3) is 0.143. The third kappa shape index (κ3) is 7.19. The summed E-state index contributed by atoms with van der Waals surface area (Å²) in [5.74, 6) is -0.368. The molecule has 3 aromatic rings. The molecule has 186 valence electrons. The van der Waals surface area contributed by atoms with Gasteiger partial charge < -0.3 is 15.2 Å². The lowest BCUT2D eigenvalue weighted by Crippen LogP contribution is -1.99. The molecule has 0 amide bonds. The van der Waals surface area contributed by atoms with E-state index < -0.39 is 0 Å². The molecule has 0 saturated heterocycles. The monoisotopic (exact) mass is 650 g/mol. The van der Waals surface area contributed by atoms with Crippen LogP contribution in [0.2, 0.25) is 10.0 Å². The van der Waals surface area contributed by atoms with Gasteiger partial charge in [-0.3, -0.25) is 0 Å². The van der Waals surface area contributed by atoms with Crippen LogP contribution < -0.4 is 5.09 Å². The van der Waals surface area contributed by atoms with Crippen LogP contribution in [0.5, 0.6) is 0 Å². The van der Waals surface area contributed by atoms with Gasteiger partial charge in [-0.2, -0.15) is 0 Å². The Kier molecular flexibility index (Phi) is 11.0. The van der Waals surface area contributed by atoms with E-state index in [0.717, 1.165) is 51.1 Å². The predicted octanol–water partition coefficient (Wildman–Crippen LogP) is 9.29. The second-order valence-electron chi connectivity index (χ2n) is 7.70. The standard InChI is InChI=1S/C28H26Cl2IN2O2P/c1-3-23(24-12-11-22(29)16-25(24)30)28(20-10-13-26(33-36-31)21(15-20)17-32)19-8-5-18(6-9-19)7-14-27(34)35-4-2/h5-17,32-33,36H,3-4H2,1-2H3/b14-7+,28-23+,32-17?. The number of rotatable bonds is 10. The van der Waals surface area contributed by atoms with Gasteiger partial charge in [0.25, 0.3) is 0 Å². The lowest BCUT2D eigenvalue weighted by molar-refractivity contribution is -0.137. The Morgan fingerprint density at radius 3 is 2.39 bits per heavy atom. The molecule has 3 aromatic carbocycles. The number of halogens is 3. The Bertz CT molecular complexity index is 1310. The summed E-state index contributed by atoms with van der Waals surface area (Å²) < 4.78 is 4.97. The van der Waals surface area contributed by atoms with Gasteiger partial charge in [0.05, 0.1) is 6.61 Å². The van der Waals surface area contributed by atoms with Crippen LogP contribution in [-0.4, -0.2) is 18.8 Å². The minimum absolute atomic E-state index is 0.341. The number of carbonyl (C=O) groups is 1. The summed E-state index contributed by atoms with van der Waals surface area (Å²) in [6.45, 7) is 4.22. The maximum absolute atomic E-state index is 11.7. The minimum Gasteiger partial charge on any atom is -0.463 e. The van der Waals surface area contributed by atoms with E-state index in [4.69, 9.17) is 33.3 Å². The fourth-order valence-electron chi connectivity index (χ4n) is 3.87. The zero-order valence-corrected chi connectivity index (χ0v) is 24.5. The normalized spacial score (nSPS) is 12.1. The average Bonchev–Trinajstić information content (AvgIpc) is 2.88. The predicted molar refractivity (Wildman–Crippen MR) is 165 cm³/mol. The topological polar surface area (TPSA) is 62.2 Å². The second kappa shape index (κ2) is 13.9. The van der Waals surface area contributed by atoms with E-state index in [-0.39, 0.29) is 5.97 Å². The summed E-state index contributed by atoms with van der Waals surface area (Å²) in [5, 5.41) is 12.5. The van der Waals surface area contributed by atoms with E-state index in [9.17, 15) is 4.79 Å². The van der Waals surface area contributed by atoms with Crippen molar-refractivity contribution >= 4 is 86.7 Å². The molecule has 0 heterocycles. The fourth-order valence-corrected chi connectivity index (χ4v) is 5.59. The zero-order chi connectivity index (χ0) is 26.1. The summed E-state index contributed by atoms with van der Waals surface area (Å²) >= 11 is 15.1. The lowest BCUT2D eigenvalue weighted by Gasteiger charge is -2.19. The van der Waals surface area contributed by atoms with Crippen molar-refractivity contribution in [2.24, 2.45) is 0 Å². The molecule has 3 rings (SSSR count). The molecule has 8 heteroatoms. The molecule has 0 spiro atoms. The summed E-state index contributed by atoms with van der Waals surface area (Å²) in [6.07, 6.45) is 5.76. The van der Waals surface area contributed by atoms with E-state index in [2.05, 4.69) is 40.1 Å². The molecule has 0 fully saturated rings. The first kappa shape index (κ1) is 28.4. The van der Waals surface area contributed by atoms with Gasteiger partial charge in [0, 0.05) is 40.0 Å². The number of carbonyl (C=O) groups excluding carboxylic acids is 1. The maximum atomic E-state index is 11.7. The van der Waals surface area contributed by atoms with Crippen LogP contribution in [0.1, 0.15) is 48.1 Å². The van der Waals surface area contributed by atoms with Gasteiger partial charge in [0.2, 0.25) is 0 Å². The van der Waals surface area contributed by atoms with Gasteiger partial charge in [-0.15, -0.1) is 0 Å². The highest BCUT2D eigenvalue weighted by molar-refractivity contribution is 14.2. The molecule has 4 nitrogen and oxygen atoms in total. The van der Waals surface area contributed by atoms with Crippen LogP contribution >= 0.6 is 51.6 Å². The van der Waals surface area contributed by atoms with Crippen molar-refractivity contribution in [2.75, 3.05) is 11.7 Å². The molecule has 0 aromatic heterocycles. The van der Waals surface area contributed by atoms with Gasteiger partial charge >= 0.3 is 5.97 Å². The van der Waals surface area contributed by atoms with Crippen molar-refractivity contribution in [3.63, 3.8) is 0 Å². The Labute approximate surface area is 237 Å². The molecular formula is C28H26Cl2IN2O2P. The van der Waals surface area contributed by atoms with Crippen LogP contribution in [0.4, 0.5) is 5.69 Å². The number of nitrogens with one attached hydrogen (secondary N) is 2. The Balaban J connectivity index is 2.19. The lowest BCUT2D eigenvalue weighted by atomic mass is 9.87. The highest BCUT2D eigenvalue weighted by Crippen LogP contribution is 2.39. The third-order valence-corrected chi connectivity index (χ3v) is 7.21. The SMILES string of the molecule is CCOC(=O)/C=C/c1ccc(/C(=C(/CC)c2ccc(Cl)cc2Cl)c2ccc(NPI)c(C=N)c2)cc1. The number of allylic oxidation sites excluding steroid dienone is 1. The van der Waals surface area contributed by atoms with Crippen molar-refractivity contribution in [2.45, 2.75) is 20.3 Å². The number of hydrogen-bond donors (Lipinski definition) is 2. The first-order chi connectivity index (χ1) is 17.4. The molecule has 0 aliphatic heterocycles. The van der Waals surface area contributed by atoms with Crippen LogP contribution in [0.15, 0.2) is 66.7 Å². The van der Waals surface area contributed by atoms with Gasteiger partial charge in [-0.1, -0.05) is 66.5 Å². The molecule has 1 unspecified atom stereocenters. The Hall–Kier alpha value is -2.18. The number of ether oxygens (including phenoxy) is 1. The number of hydrogen-bond acceptors (Lipinski definition) is 4. The van der Waals surface area contributed by atoms with Crippen molar-refractivity contribution in [1.29, 1.82) is 5.41 Å². The minimum atomic E-state index is -0.368. The first-order valence-corrected chi connectivity index (χ1v) is 16.2. The zero-order valence-electron chi connectivity index (χ0n) is 19.9. The quantitative estimate of drug-likeness (QED) is 0.0574. The molecule has 2 N–H and O–H groups in total. The van der Waals surface area contributed by atoms with E-state index in [1.807, 2.05) is 48.5 Å². The summed E-state index contributed by atoms with van der Waals surface area (Å²) in [7, 11) is 0. The van der Waals surface area contributed by atoms with Crippen molar-refractivity contribution < 1.29 is 9.53 Å². The highest BCUT2D eigenvalue weighted by Gasteiger charge is 2.17. The van der Waals surface area contributed by atoms with Crippen LogP contribution in [0.3, 0.4) is 0 Å². The summed E-state index contributed by atoms with van der Waals surface area (Å²) in [6, 6.07) is 19.6. The summed E-state index contributed by atoms with van der Waals surface area (Å²) in [4.78, 5) is 11.7. The number of anilines is 1. The molecule has 0 bridgehead atoms. The van der Waals surface area contributed by atoms with Crippen LogP contribution in [0.25, 0.3) is 17.2 Å². The van der Waals surface area contributed by atoms with Crippen molar-refractivity contribution in [3.8, 4) is 0 Å². The first-order valence-electron chi connectivity index (χ1n) is 11.3. The van der Waals surface area contributed by atoms with Gasteiger partial charge in [-0.25, -0.2) is 4.79 Å². The second-order valence-corrected chi connectivity index (χ2v) is 10.6. The third-order valence-electron chi connectivity index (χ3n) is 5.49. The highest BCUT2D eigenvalue weighted by atomic mass is 127. The smallest absolute Gasteiger partial charge is 0.330 e. The van der Waals surface area contributed by atoms with Gasteiger partial charge in [-0.05, 0) is 99.1 Å². The van der Waals surface area contributed by atoms with Crippen LogP contribution in [0, 0.1) is 5.41 Å². The van der Waals surface area contributed by atoms with Gasteiger partial charge in [0.1, 0.15) is 0 Å². The van der Waals surface area contributed by atoms with Crippen molar-refractivity contribution in [1.82, 2.24) is 0 Å². The molecule has 0 aliphatic carbocycles. The largest absolute Gasteiger partial charge is 0.463 e. The van der Waals surface area contributed by atoms with E-state index in [1.54, 1.807) is 19.1 Å². The van der Waals surface area contributed by atoms with E-state index in [0.29, 0.717) is 23.0 Å². The Morgan fingerprint density at radius 1 is 1.06 bits per heavy atom. The summed E-state index contributed by atoms with van der Waals surface area (Å²) in [5.41, 5.74) is 7.59. The van der Waals surface area contributed by atoms with E-state index in [1.165, 1.54) is 12.3 Å². The number of benzene rings is 3. The molecular weight excluding hydrogens is 625 g/mol. The molecule has 0 radical (unpaired) electrons. The molecule has 36 heavy (non-hydrogen) atoms. The van der Waals surface area contributed by atoms with E-state index >= 15 is 0 Å².